The number of hydrogen-bond donors (Lipinski definition) is 1. The van der Waals surface area contributed by atoms with Gasteiger partial charge in [-0.3, -0.25) is 9.69 Å². The van der Waals surface area contributed by atoms with Gasteiger partial charge >= 0.3 is 5.97 Å². The molecule has 0 aromatic heterocycles. The summed E-state index contributed by atoms with van der Waals surface area (Å²) in [4.78, 5) is 12.8. The van der Waals surface area contributed by atoms with Crippen LogP contribution < -0.4 is 4.74 Å². The zero-order chi connectivity index (χ0) is 15.4. The van der Waals surface area contributed by atoms with Crippen LogP contribution in [0, 0.1) is 12.8 Å². The maximum atomic E-state index is 10.6. The molecule has 0 bridgehead atoms. The highest BCUT2D eigenvalue weighted by Gasteiger charge is 2.27. The SMILES string of the molecule is Cc1cc(OCCN2CC(CC(=O)O)C2)ccc1C(C)C. The minimum atomic E-state index is -0.698. The number of likely N-dealkylation sites (tertiary alicyclic amines) is 1. The van der Waals surface area contributed by atoms with Crippen molar-refractivity contribution in [1.29, 1.82) is 0 Å². The molecular weight excluding hydrogens is 266 g/mol. The van der Waals surface area contributed by atoms with Gasteiger partial charge in [0.25, 0.3) is 0 Å². The van der Waals surface area contributed by atoms with E-state index < -0.39 is 5.97 Å². The van der Waals surface area contributed by atoms with Crippen molar-refractivity contribution in [3.63, 3.8) is 0 Å². The molecule has 1 aromatic rings. The molecule has 4 nitrogen and oxygen atoms in total. The van der Waals surface area contributed by atoms with E-state index in [1.54, 1.807) is 0 Å². The Morgan fingerprint density at radius 1 is 1.43 bits per heavy atom. The standard InChI is InChI=1S/C17H25NO3/c1-12(2)16-5-4-15(8-13(16)3)21-7-6-18-10-14(11-18)9-17(19)20/h4-5,8,12,14H,6-7,9-11H2,1-3H3,(H,19,20). The molecule has 1 heterocycles. The molecule has 21 heavy (non-hydrogen) atoms. The highest BCUT2D eigenvalue weighted by atomic mass is 16.5. The number of aliphatic carboxylic acids is 1. The predicted molar refractivity (Wildman–Crippen MR) is 82.9 cm³/mol. The number of hydrogen-bond acceptors (Lipinski definition) is 3. The van der Waals surface area contributed by atoms with Crippen molar-refractivity contribution in [2.24, 2.45) is 5.92 Å². The molecule has 0 saturated carbocycles. The molecule has 0 atom stereocenters. The smallest absolute Gasteiger partial charge is 0.303 e. The van der Waals surface area contributed by atoms with Gasteiger partial charge in [-0.05, 0) is 42.0 Å². The molecule has 0 radical (unpaired) electrons. The first kappa shape index (κ1) is 15.8. The summed E-state index contributed by atoms with van der Waals surface area (Å²) in [5.41, 5.74) is 2.63. The summed E-state index contributed by atoms with van der Waals surface area (Å²) in [6.07, 6.45) is 0.285. The van der Waals surface area contributed by atoms with Crippen LogP contribution in [0.15, 0.2) is 18.2 Å². The van der Waals surface area contributed by atoms with Gasteiger partial charge in [-0.2, -0.15) is 0 Å². The molecular formula is C17H25NO3. The summed E-state index contributed by atoms with van der Waals surface area (Å²) in [5, 5.41) is 8.70. The van der Waals surface area contributed by atoms with Crippen molar-refractivity contribution in [3.05, 3.63) is 29.3 Å². The van der Waals surface area contributed by atoms with Crippen molar-refractivity contribution in [2.75, 3.05) is 26.2 Å². The number of ether oxygens (including phenoxy) is 1. The van der Waals surface area contributed by atoms with Crippen LogP contribution in [-0.2, 0) is 4.79 Å². The maximum absolute atomic E-state index is 10.6. The number of nitrogens with zero attached hydrogens (tertiary/aromatic N) is 1. The summed E-state index contributed by atoms with van der Waals surface area (Å²) in [6, 6.07) is 6.27. The number of carbonyl (C=O) groups is 1. The fourth-order valence-electron chi connectivity index (χ4n) is 2.91. The van der Waals surface area contributed by atoms with E-state index in [-0.39, 0.29) is 6.42 Å². The topological polar surface area (TPSA) is 49.8 Å². The number of benzene rings is 1. The van der Waals surface area contributed by atoms with E-state index in [1.807, 2.05) is 6.07 Å². The zero-order valence-corrected chi connectivity index (χ0v) is 13.1. The van der Waals surface area contributed by atoms with Gasteiger partial charge in [0.1, 0.15) is 12.4 Å². The van der Waals surface area contributed by atoms with Crippen LogP contribution in [0.1, 0.15) is 37.3 Å². The Labute approximate surface area is 126 Å². The number of carboxylic acid groups (broad SMARTS) is 1. The van der Waals surface area contributed by atoms with Crippen molar-refractivity contribution < 1.29 is 14.6 Å². The van der Waals surface area contributed by atoms with Crippen LogP contribution in [0.25, 0.3) is 0 Å². The molecule has 116 valence electrons. The van der Waals surface area contributed by atoms with Gasteiger partial charge in [-0.1, -0.05) is 19.9 Å². The van der Waals surface area contributed by atoms with Gasteiger partial charge in [0.15, 0.2) is 0 Å². The summed E-state index contributed by atoms with van der Waals surface area (Å²) in [6.45, 7) is 9.78. The first-order valence-corrected chi connectivity index (χ1v) is 7.63. The number of carboxylic acids is 1. The minimum Gasteiger partial charge on any atom is -0.492 e. The molecule has 4 heteroatoms. The molecule has 1 N–H and O–H groups in total. The summed E-state index contributed by atoms with van der Waals surface area (Å²) >= 11 is 0. The molecule has 0 amide bonds. The fraction of sp³-hybridized carbons (Fsp3) is 0.588. The van der Waals surface area contributed by atoms with Crippen LogP contribution in [0.5, 0.6) is 5.75 Å². The van der Waals surface area contributed by atoms with E-state index in [4.69, 9.17) is 9.84 Å². The largest absolute Gasteiger partial charge is 0.492 e. The lowest BCUT2D eigenvalue weighted by atomic mass is 9.97. The van der Waals surface area contributed by atoms with Crippen LogP contribution in [0.2, 0.25) is 0 Å². The summed E-state index contributed by atoms with van der Waals surface area (Å²) in [7, 11) is 0. The molecule has 1 aliphatic rings. The second kappa shape index (κ2) is 6.94. The molecule has 0 unspecified atom stereocenters. The van der Waals surface area contributed by atoms with Crippen molar-refractivity contribution in [1.82, 2.24) is 4.90 Å². The molecule has 1 fully saturated rings. The highest BCUT2D eigenvalue weighted by Crippen LogP contribution is 2.24. The minimum absolute atomic E-state index is 0.285. The van der Waals surface area contributed by atoms with Gasteiger partial charge in [0, 0.05) is 19.6 Å². The first-order chi connectivity index (χ1) is 9.95. The second-order valence-electron chi connectivity index (χ2n) is 6.25. The Hall–Kier alpha value is -1.55. The number of aryl methyl sites for hydroxylation is 1. The quantitative estimate of drug-likeness (QED) is 0.839. The van der Waals surface area contributed by atoms with Gasteiger partial charge in [0.2, 0.25) is 0 Å². The number of rotatable bonds is 7. The summed E-state index contributed by atoms with van der Waals surface area (Å²) < 4.78 is 5.79. The van der Waals surface area contributed by atoms with E-state index in [2.05, 4.69) is 37.8 Å². The first-order valence-electron chi connectivity index (χ1n) is 7.63. The Bertz CT molecular complexity index is 493. The molecule has 1 aromatic carbocycles. The third-order valence-electron chi connectivity index (χ3n) is 4.04. The van der Waals surface area contributed by atoms with E-state index in [1.165, 1.54) is 11.1 Å². The molecule has 1 saturated heterocycles. The third kappa shape index (κ3) is 4.46. The molecule has 2 rings (SSSR count). The van der Waals surface area contributed by atoms with Crippen LogP contribution in [0.3, 0.4) is 0 Å². The van der Waals surface area contributed by atoms with Crippen molar-refractivity contribution in [3.8, 4) is 5.75 Å². The Balaban J connectivity index is 1.70. The Morgan fingerprint density at radius 2 is 2.14 bits per heavy atom. The second-order valence-corrected chi connectivity index (χ2v) is 6.25. The molecule has 0 spiro atoms. The van der Waals surface area contributed by atoms with Gasteiger partial charge < -0.3 is 9.84 Å². The van der Waals surface area contributed by atoms with Gasteiger partial charge in [-0.15, -0.1) is 0 Å². The van der Waals surface area contributed by atoms with E-state index in [0.29, 0.717) is 18.4 Å². The van der Waals surface area contributed by atoms with Crippen molar-refractivity contribution >= 4 is 5.97 Å². The van der Waals surface area contributed by atoms with Crippen molar-refractivity contribution in [2.45, 2.75) is 33.1 Å². The Kier molecular flexibility index (Phi) is 5.23. The average molecular weight is 291 g/mol. The third-order valence-corrected chi connectivity index (χ3v) is 4.04. The van der Waals surface area contributed by atoms with Crippen LogP contribution in [-0.4, -0.2) is 42.2 Å². The van der Waals surface area contributed by atoms with Gasteiger partial charge in [0.05, 0.1) is 6.42 Å². The van der Waals surface area contributed by atoms with E-state index in [0.717, 1.165) is 25.4 Å². The summed E-state index contributed by atoms with van der Waals surface area (Å²) in [5.74, 6) is 1.07. The average Bonchev–Trinajstić information content (AvgIpc) is 2.34. The fourth-order valence-corrected chi connectivity index (χ4v) is 2.91. The lowest BCUT2D eigenvalue weighted by molar-refractivity contribution is -0.139. The molecule has 1 aliphatic heterocycles. The lowest BCUT2D eigenvalue weighted by Gasteiger charge is -2.38. The van der Waals surface area contributed by atoms with Gasteiger partial charge in [-0.25, -0.2) is 0 Å². The monoisotopic (exact) mass is 291 g/mol. The van der Waals surface area contributed by atoms with E-state index >= 15 is 0 Å². The zero-order valence-electron chi connectivity index (χ0n) is 13.1. The molecule has 0 aliphatic carbocycles. The van der Waals surface area contributed by atoms with Crippen LogP contribution in [0.4, 0.5) is 0 Å². The maximum Gasteiger partial charge on any atom is 0.303 e. The van der Waals surface area contributed by atoms with E-state index in [9.17, 15) is 4.79 Å². The van der Waals surface area contributed by atoms with Crippen LogP contribution >= 0.6 is 0 Å². The lowest BCUT2D eigenvalue weighted by Crippen LogP contribution is -2.48. The Morgan fingerprint density at radius 3 is 2.71 bits per heavy atom. The highest BCUT2D eigenvalue weighted by molar-refractivity contribution is 5.67. The predicted octanol–water partition coefficient (Wildman–Crippen LogP) is 2.90. The normalized spacial score (nSPS) is 16.0.